The van der Waals surface area contributed by atoms with Crippen LogP contribution in [-0.2, 0) is 5.75 Å². The number of rotatable bonds is 5. The maximum absolute atomic E-state index is 5.44. The van der Waals surface area contributed by atoms with Gasteiger partial charge in [0.05, 0.1) is 28.1 Å². The van der Waals surface area contributed by atoms with Crippen molar-refractivity contribution in [3.63, 3.8) is 0 Å². The molecule has 7 nitrogen and oxygen atoms in total. The van der Waals surface area contributed by atoms with Crippen molar-refractivity contribution in [2.75, 3.05) is 26.7 Å². The number of para-hydroxylation sites is 2. The van der Waals surface area contributed by atoms with Crippen molar-refractivity contribution in [2.24, 2.45) is 0 Å². The van der Waals surface area contributed by atoms with Gasteiger partial charge in [0, 0.05) is 19.6 Å². The molecule has 3 aromatic rings. The number of nitrogens with one attached hydrogen (secondary N) is 2. The van der Waals surface area contributed by atoms with Crippen LogP contribution in [0.2, 0.25) is 0 Å². The Morgan fingerprint density at radius 3 is 3.08 bits per heavy atom. The zero-order valence-electron chi connectivity index (χ0n) is 14.4. The molecule has 2 aromatic heterocycles. The van der Waals surface area contributed by atoms with Crippen molar-refractivity contribution in [2.45, 2.75) is 24.0 Å². The van der Waals surface area contributed by atoms with E-state index in [-0.39, 0.29) is 11.3 Å². The number of thioether (sulfide) groups is 1. The van der Waals surface area contributed by atoms with E-state index in [1.807, 2.05) is 24.3 Å². The van der Waals surface area contributed by atoms with E-state index in [9.17, 15) is 0 Å². The van der Waals surface area contributed by atoms with Crippen LogP contribution in [0.3, 0.4) is 0 Å². The summed E-state index contributed by atoms with van der Waals surface area (Å²) < 4.78 is 5.44. The van der Waals surface area contributed by atoms with Crippen LogP contribution >= 0.6 is 11.8 Å². The van der Waals surface area contributed by atoms with Crippen LogP contribution in [0.4, 0.5) is 0 Å². The molecular formula is C17H22N6OS. The Morgan fingerprint density at radius 2 is 2.24 bits per heavy atom. The van der Waals surface area contributed by atoms with Crippen LogP contribution in [0.15, 0.2) is 28.8 Å². The monoisotopic (exact) mass is 358 g/mol. The van der Waals surface area contributed by atoms with Gasteiger partial charge >= 0.3 is 0 Å². The highest BCUT2D eigenvalue weighted by Gasteiger charge is 2.25. The predicted molar refractivity (Wildman–Crippen MR) is 98.3 cm³/mol. The molecule has 2 atom stereocenters. The number of aromatic nitrogens is 4. The summed E-state index contributed by atoms with van der Waals surface area (Å²) in [6, 6.07) is 8.26. The molecule has 0 spiro atoms. The quantitative estimate of drug-likeness (QED) is 0.725. The van der Waals surface area contributed by atoms with E-state index < -0.39 is 0 Å². The molecule has 4 rings (SSSR count). The third kappa shape index (κ3) is 3.56. The van der Waals surface area contributed by atoms with Gasteiger partial charge in [-0.1, -0.05) is 17.3 Å². The maximum atomic E-state index is 5.44. The zero-order chi connectivity index (χ0) is 17.2. The molecule has 132 valence electrons. The molecule has 8 heteroatoms. The summed E-state index contributed by atoms with van der Waals surface area (Å²) in [5.74, 6) is 3.08. The molecular weight excluding hydrogens is 336 g/mol. The molecule has 1 aliphatic rings. The van der Waals surface area contributed by atoms with Crippen LogP contribution in [0, 0.1) is 0 Å². The van der Waals surface area contributed by atoms with Gasteiger partial charge in [-0.3, -0.25) is 4.90 Å². The SMILES string of the molecule is CC(SCc1nc(C2CNCCN2C)no1)c1nc2ccccc2[nH]1. The average Bonchev–Trinajstić information content (AvgIpc) is 3.27. The molecule has 1 saturated heterocycles. The number of likely N-dealkylation sites (N-methyl/N-ethyl adjacent to an activating group) is 1. The van der Waals surface area contributed by atoms with E-state index in [0.717, 1.165) is 42.3 Å². The maximum Gasteiger partial charge on any atom is 0.236 e. The molecule has 3 heterocycles. The highest BCUT2D eigenvalue weighted by molar-refractivity contribution is 7.98. The van der Waals surface area contributed by atoms with Crippen LogP contribution < -0.4 is 5.32 Å². The highest BCUT2D eigenvalue weighted by Crippen LogP contribution is 2.30. The summed E-state index contributed by atoms with van der Waals surface area (Å²) in [4.78, 5) is 14.9. The minimum Gasteiger partial charge on any atom is -0.341 e. The van der Waals surface area contributed by atoms with Gasteiger partial charge in [-0.2, -0.15) is 4.98 Å². The topological polar surface area (TPSA) is 82.9 Å². The summed E-state index contributed by atoms with van der Waals surface area (Å²) >= 11 is 1.74. The fourth-order valence-electron chi connectivity index (χ4n) is 3.00. The fraction of sp³-hybridized carbons (Fsp3) is 0.471. The molecule has 2 N–H and O–H groups in total. The molecule has 1 aromatic carbocycles. The first-order valence-corrected chi connectivity index (χ1v) is 9.55. The number of H-pyrrole nitrogens is 1. The van der Waals surface area contributed by atoms with Crippen molar-refractivity contribution in [1.82, 2.24) is 30.3 Å². The molecule has 0 saturated carbocycles. The Kier molecular flexibility index (Phi) is 4.74. The number of hydrogen-bond donors (Lipinski definition) is 2. The third-order valence-electron chi connectivity index (χ3n) is 4.54. The van der Waals surface area contributed by atoms with E-state index in [0.29, 0.717) is 11.6 Å². The second-order valence-electron chi connectivity index (χ2n) is 6.34. The van der Waals surface area contributed by atoms with Gasteiger partial charge in [-0.15, -0.1) is 11.8 Å². The number of imidazole rings is 1. The van der Waals surface area contributed by atoms with E-state index in [1.165, 1.54) is 0 Å². The van der Waals surface area contributed by atoms with Crippen molar-refractivity contribution >= 4 is 22.8 Å². The Balaban J connectivity index is 1.39. The molecule has 0 bridgehead atoms. The van der Waals surface area contributed by atoms with Crippen LogP contribution in [0.1, 0.15) is 35.8 Å². The number of piperazine rings is 1. The van der Waals surface area contributed by atoms with Crippen LogP contribution in [-0.4, -0.2) is 51.7 Å². The molecule has 25 heavy (non-hydrogen) atoms. The first kappa shape index (κ1) is 16.6. The molecule has 1 fully saturated rings. The normalized spacial score (nSPS) is 20.2. The lowest BCUT2D eigenvalue weighted by Crippen LogP contribution is -2.44. The van der Waals surface area contributed by atoms with E-state index >= 15 is 0 Å². The fourth-order valence-corrected chi connectivity index (χ4v) is 3.78. The lowest BCUT2D eigenvalue weighted by Gasteiger charge is -2.30. The summed E-state index contributed by atoms with van der Waals surface area (Å²) in [6.07, 6.45) is 0. The zero-order valence-corrected chi connectivity index (χ0v) is 15.2. The van der Waals surface area contributed by atoms with Gasteiger partial charge in [0.25, 0.3) is 0 Å². The summed E-state index contributed by atoms with van der Waals surface area (Å²) in [6.45, 7) is 4.99. The van der Waals surface area contributed by atoms with E-state index in [1.54, 1.807) is 11.8 Å². The standard InChI is InChI=1S/C17H22N6OS/c1-11(16-19-12-5-3-4-6-13(12)20-16)25-10-15-21-17(22-24-15)14-9-18-7-8-23(14)2/h3-6,11,14,18H,7-10H2,1-2H3,(H,19,20). The number of aromatic amines is 1. The van der Waals surface area contributed by atoms with E-state index in [4.69, 9.17) is 4.52 Å². The summed E-state index contributed by atoms with van der Waals surface area (Å²) in [5.41, 5.74) is 2.07. The van der Waals surface area contributed by atoms with E-state index in [2.05, 4.69) is 44.3 Å². The number of benzene rings is 1. The Labute approximate surface area is 150 Å². The molecule has 1 aliphatic heterocycles. The Bertz CT molecular complexity index is 813. The van der Waals surface area contributed by atoms with Gasteiger partial charge in [0.15, 0.2) is 5.82 Å². The minimum atomic E-state index is 0.184. The summed E-state index contributed by atoms with van der Waals surface area (Å²) in [5, 5.41) is 7.77. The van der Waals surface area contributed by atoms with Gasteiger partial charge in [0.1, 0.15) is 5.82 Å². The first-order chi connectivity index (χ1) is 12.2. The van der Waals surface area contributed by atoms with Crippen molar-refractivity contribution in [1.29, 1.82) is 0 Å². The van der Waals surface area contributed by atoms with Crippen LogP contribution in [0.25, 0.3) is 11.0 Å². The minimum absolute atomic E-state index is 0.184. The first-order valence-electron chi connectivity index (χ1n) is 8.50. The Hall–Kier alpha value is -1.90. The number of nitrogens with zero attached hydrogens (tertiary/aromatic N) is 4. The molecule has 0 amide bonds. The van der Waals surface area contributed by atoms with Crippen LogP contribution in [0.5, 0.6) is 0 Å². The van der Waals surface area contributed by atoms with Crippen molar-refractivity contribution in [3.8, 4) is 0 Å². The second kappa shape index (κ2) is 7.15. The number of fused-ring (bicyclic) bond motifs is 1. The smallest absolute Gasteiger partial charge is 0.236 e. The lowest BCUT2D eigenvalue weighted by atomic mass is 10.2. The largest absolute Gasteiger partial charge is 0.341 e. The molecule has 0 radical (unpaired) electrons. The summed E-state index contributed by atoms with van der Waals surface area (Å²) in [7, 11) is 2.10. The number of hydrogen-bond acceptors (Lipinski definition) is 7. The third-order valence-corrected chi connectivity index (χ3v) is 5.68. The Morgan fingerprint density at radius 1 is 1.36 bits per heavy atom. The molecule has 2 unspecified atom stereocenters. The van der Waals surface area contributed by atoms with Crippen molar-refractivity contribution < 1.29 is 4.52 Å². The lowest BCUT2D eigenvalue weighted by molar-refractivity contribution is 0.190. The highest BCUT2D eigenvalue weighted by atomic mass is 32.2. The predicted octanol–water partition coefficient (Wildman–Crippen LogP) is 2.52. The van der Waals surface area contributed by atoms with Gasteiger partial charge in [-0.25, -0.2) is 4.98 Å². The van der Waals surface area contributed by atoms with Gasteiger partial charge < -0.3 is 14.8 Å². The average molecular weight is 358 g/mol. The van der Waals surface area contributed by atoms with Gasteiger partial charge in [-0.05, 0) is 26.1 Å². The van der Waals surface area contributed by atoms with Crippen molar-refractivity contribution in [3.05, 3.63) is 41.8 Å². The van der Waals surface area contributed by atoms with Gasteiger partial charge in [0.2, 0.25) is 5.89 Å². The molecule has 0 aliphatic carbocycles. The second-order valence-corrected chi connectivity index (χ2v) is 7.67.